The van der Waals surface area contributed by atoms with Crippen molar-refractivity contribution in [2.75, 3.05) is 52.9 Å². The summed E-state index contributed by atoms with van der Waals surface area (Å²) in [5.74, 6) is 0.401. The lowest BCUT2D eigenvalue weighted by Gasteiger charge is -2.14. The SMILES string of the molecule is C=CC(=O)OCCCCCCCCOc1ccc(CO)cc1.C=CC(=O)OCCCCCCOc1ccc(COc2ccc(OCc3ccc(OCCCCCCOC(=O)C=C)cc3)c(C(=O)OCCCC#N)c2)cc1.N#CCCCOC(=O)c1cc(O)ccc1O. The molecule has 0 saturated carbocycles. The maximum atomic E-state index is 13.1. The highest BCUT2D eigenvalue weighted by Crippen LogP contribution is 2.28. The van der Waals surface area contributed by atoms with Crippen LogP contribution in [0.1, 0.15) is 153 Å². The Labute approximate surface area is 540 Å². The molecule has 0 unspecified atom stereocenters. The van der Waals surface area contributed by atoms with Gasteiger partial charge in [-0.15, -0.1) is 0 Å². The fourth-order valence-corrected chi connectivity index (χ4v) is 8.03. The van der Waals surface area contributed by atoms with E-state index in [0.29, 0.717) is 63.8 Å². The normalized spacial score (nSPS) is 10.2. The number of phenolic OH excluding ortho intramolecular Hbond substituents is 2. The molecule has 494 valence electrons. The topological polar surface area (TPSA) is 286 Å². The summed E-state index contributed by atoms with van der Waals surface area (Å²) >= 11 is 0. The Morgan fingerprint density at radius 2 is 0.739 bits per heavy atom. The fraction of sp³-hybridized carbons (Fsp3) is 0.403. The van der Waals surface area contributed by atoms with Gasteiger partial charge in [0.2, 0.25) is 0 Å². The summed E-state index contributed by atoms with van der Waals surface area (Å²) < 4.78 is 54.5. The number of nitrogens with zero attached hydrogens (tertiary/aromatic N) is 2. The van der Waals surface area contributed by atoms with Crippen molar-refractivity contribution in [2.24, 2.45) is 0 Å². The highest BCUT2D eigenvalue weighted by molar-refractivity contribution is 5.93. The molecule has 0 saturated heterocycles. The molecule has 0 heterocycles. The van der Waals surface area contributed by atoms with Gasteiger partial charge in [0.25, 0.3) is 0 Å². The Bertz CT molecular complexity index is 3040. The molecule has 0 bridgehead atoms. The molecule has 0 atom stereocenters. The first kappa shape index (κ1) is 76.5. The molecule has 0 spiro atoms. The summed E-state index contributed by atoms with van der Waals surface area (Å²) in [5, 5.41) is 44.5. The molecule has 0 aliphatic rings. The Morgan fingerprint density at radius 3 is 1.14 bits per heavy atom. The first-order chi connectivity index (χ1) is 44.8. The third-order valence-electron chi connectivity index (χ3n) is 13.1. The largest absolute Gasteiger partial charge is 0.508 e. The molecule has 20 heteroatoms. The van der Waals surface area contributed by atoms with E-state index in [2.05, 4.69) is 19.7 Å². The molecule has 5 aromatic rings. The van der Waals surface area contributed by atoms with Crippen LogP contribution in [-0.2, 0) is 57.9 Å². The van der Waals surface area contributed by atoms with Crippen LogP contribution in [0.3, 0.4) is 0 Å². The maximum absolute atomic E-state index is 13.1. The van der Waals surface area contributed by atoms with E-state index in [-0.39, 0.29) is 68.1 Å². The number of esters is 5. The number of aliphatic hydroxyl groups is 1. The van der Waals surface area contributed by atoms with Crippen LogP contribution >= 0.6 is 0 Å². The van der Waals surface area contributed by atoms with Crippen LogP contribution in [0.15, 0.2) is 147 Å². The molecule has 20 nitrogen and oxygen atoms in total. The number of carbonyl (C=O) groups excluding carboxylic acids is 5. The number of phenols is 2. The fourth-order valence-electron chi connectivity index (χ4n) is 8.03. The van der Waals surface area contributed by atoms with Crippen LogP contribution in [0.4, 0.5) is 0 Å². The van der Waals surface area contributed by atoms with E-state index in [1.165, 1.54) is 30.7 Å². The second-order valence-electron chi connectivity index (χ2n) is 20.4. The highest BCUT2D eigenvalue weighted by atomic mass is 16.6. The second kappa shape index (κ2) is 49.0. The molecular weight excluding hydrogens is 1180 g/mol. The molecule has 0 amide bonds. The van der Waals surface area contributed by atoms with Gasteiger partial charge in [-0.1, -0.05) is 81.8 Å². The number of ether oxygens (including phenoxy) is 10. The summed E-state index contributed by atoms with van der Waals surface area (Å²) in [4.78, 5) is 57.4. The van der Waals surface area contributed by atoms with Crippen LogP contribution in [0.5, 0.6) is 40.2 Å². The van der Waals surface area contributed by atoms with Gasteiger partial charge in [0.05, 0.1) is 71.6 Å². The lowest BCUT2D eigenvalue weighted by molar-refractivity contribution is -0.138. The summed E-state index contributed by atoms with van der Waals surface area (Å²) in [5.41, 5.74) is 2.85. The van der Waals surface area contributed by atoms with Crippen molar-refractivity contribution in [1.29, 1.82) is 10.5 Å². The molecule has 0 fully saturated rings. The molecule has 5 rings (SSSR count). The molecule has 0 aromatic heterocycles. The highest BCUT2D eigenvalue weighted by Gasteiger charge is 2.18. The number of aromatic hydroxyl groups is 2. The predicted molar refractivity (Wildman–Crippen MR) is 345 cm³/mol. The zero-order valence-electron chi connectivity index (χ0n) is 52.6. The van der Waals surface area contributed by atoms with Crippen molar-refractivity contribution in [2.45, 2.75) is 135 Å². The van der Waals surface area contributed by atoms with Gasteiger partial charge in [-0.05, 0) is 167 Å². The van der Waals surface area contributed by atoms with Gasteiger partial charge in [-0.25, -0.2) is 24.0 Å². The number of carbonyl (C=O) groups is 5. The summed E-state index contributed by atoms with van der Waals surface area (Å²) in [6, 6.07) is 35.3. The number of hydrogen-bond acceptors (Lipinski definition) is 20. The summed E-state index contributed by atoms with van der Waals surface area (Å²) in [6.45, 7) is 14.1. The molecule has 3 N–H and O–H groups in total. The molecule has 0 aliphatic carbocycles. The quantitative estimate of drug-likeness (QED) is 0.0107. The van der Waals surface area contributed by atoms with E-state index in [0.717, 1.165) is 136 Å². The standard InChI is InChI=1S/C43H51NO10.C18H26O4.C11H11NO4/c1-3-41(45)50-28-12-7-5-10-26-48-36-19-15-34(16-20-36)32-53-38-23-24-40(39(31-38)43(47)52-30-14-9-25-44)54-33-35-17-21-37(22-18-35)49-27-11-6-8-13-29-51-42(46)4-2;1-2-18(20)22-14-8-6-4-3-5-7-13-21-17-11-9-16(15-19)10-12-17;12-5-1-2-6-16-11(15)9-7-8(13)3-4-10(9)14/h3-4,15-24,31H,1-2,5-14,26-30,32-33H2;2,9-12,19H,1,3-8,13-15H2;3-4,7,13-14H,1-2,6H2. The Hall–Kier alpha value is -9.79. The number of aliphatic hydroxyl groups excluding tert-OH is 1. The maximum Gasteiger partial charge on any atom is 0.342 e. The summed E-state index contributed by atoms with van der Waals surface area (Å²) in [6.07, 6.45) is 18.7. The van der Waals surface area contributed by atoms with Gasteiger partial charge in [-0.2, -0.15) is 10.5 Å². The van der Waals surface area contributed by atoms with Crippen molar-refractivity contribution in [3.8, 4) is 52.4 Å². The third-order valence-corrected chi connectivity index (χ3v) is 13.1. The van der Waals surface area contributed by atoms with Gasteiger partial charge in [0.1, 0.15) is 64.6 Å². The van der Waals surface area contributed by atoms with Crippen molar-refractivity contribution in [3.05, 3.63) is 175 Å². The van der Waals surface area contributed by atoms with E-state index in [4.69, 9.17) is 68.1 Å². The lowest BCUT2D eigenvalue weighted by Crippen LogP contribution is -2.10. The number of benzene rings is 5. The minimum absolute atomic E-state index is 0.0626. The average Bonchev–Trinajstić information content (AvgIpc) is 1.22. The number of nitriles is 2. The van der Waals surface area contributed by atoms with Crippen LogP contribution in [0.25, 0.3) is 0 Å². The number of hydrogen-bond donors (Lipinski definition) is 3. The minimum atomic E-state index is -0.716. The van der Waals surface area contributed by atoms with E-state index >= 15 is 0 Å². The molecule has 92 heavy (non-hydrogen) atoms. The van der Waals surface area contributed by atoms with Crippen molar-refractivity contribution < 1.29 is 86.7 Å². The monoisotopic (exact) mass is 1270 g/mol. The number of rotatable bonds is 44. The predicted octanol–water partition coefficient (Wildman–Crippen LogP) is 13.8. The summed E-state index contributed by atoms with van der Waals surface area (Å²) in [7, 11) is 0. The van der Waals surface area contributed by atoms with E-state index in [1.807, 2.05) is 84.9 Å². The van der Waals surface area contributed by atoms with Crippen LogP contribution in [-0.4, -0.2) is 98.0 Å². The van der Waals surface area contributed by atoms with Crippen molar-refractivity contribution in [3.63, 3.8) is 0 Å². The lowest BCUT2D eigenvalue weighted by atomic mass is 10.1. The second-order valence-corrected chi connectivity index (χ2v) is 20.4. The minimum Gasteiger partial charge on any atom is -0.508 e. The molecular formula is C72H88N2O18. The van der Waals surface area contributed by atoms with Gasteiger partial charge in [0, 0.05) is 31.1 Å². The first-order valence-electron chi connectivity index (χ1n) is 31.0. The molecule has 5 aromatic carbocycles. The Morgan fingerprint density at radius 1 is 0.380 bits per heavy atom. The van der Waals surface area contributed by atoms with Gasteiger partial charge < -0.3 is 62.7 Å². The average molecular weight is 1270 g/mol. The van der Waals surface area contributed by atoms with Crippen LogP contribution in [0.2, 0.25) is 0 Å². The van der Waals surface area contributed by atoms with Gasteiger partial charge >= 0.3 is 29.8 Å². The van der Waals surface area contributed by atoms with Gasteiger partial charge in [-0.3, -0.25) is 0 Å². The molecule has 0 radical (unpaired) electrons. The first-order valence-corrected chi connectivity index (χ1v) is 31.0. The van der Waals surface area contributed by atoms with E-state index < -0.39 is 23.9 Å². The zero-order chi connectivity index (χ0) is 66.7. The molecule has 0 aliphatic heterocycles. The smallest absolute Gasteiger partial charge is 0.342 e. The van der Waals surface area contributed by atoms with Crippen LogP contribution < -0.4 is 23.7 Å². The third kappa shape index (κ3) is 35.4. The Balaban J connectivity index is 0.000000470. The Kier molecular flexibility index (Phi) is 40.8. The van der Waals surface area contributed by atoms with Gasteiger partial charge in [0.15, 0.2) is 0 Å². The van der Waals surface area contributed by atoms with Crippen LogP contribution in [0, 0.1) is 22.7 Å². The number of unbranched alkanes of at least 4 members (excludes halogenated alkanes) is 13. The zero-order valence-corrected chi connectivity index (χ0v) is 52.6. The van der Waals surface area contributed by atoms with Crippen molar-refractivity contribution in [1.82, 2.24) is 0 Å². The van der Waals surface area contributed by atoms with E-state index in [9.17, 15) is 29.1 Å². The van der Waals surface area contributed by atoms with Crippen molar-refractivity contribution >= 4 is 29.8 Å². The van der Waals surface area contributed by atoms with E-state index in [1.54, 1.807) is 18.2 Å².